The van der Waals surface area contributed by atoms with Crippen LogP contribution in [0.25, 0.3) is 16.6 Å². The summed E-state index contributed by atoms with van der Waals surface area (Å²) in [5.41, 5.74) is 3.55. The number of nitrogens with one attached hydrogen (secondary N) is 1. The largest absolute Gasteiger partial charge is 0.233 e. The molecule has 34 heavy (non-hydrogen) atoms. The van der Waals surface area contributed by atoms with Gasteiger partial charge in [-0.05, 0) is 65.8 Å². The van der Waals surface area contributed by atoms with Crippen LogP contribution in [0.3, 0.4) is 0 Å². The van der Waals surface area contributed by atoms with Gasteiger partial charge in [0.05, 0.1) is 22.7 Å². The molecular formula is C27H28FN3O2S. The zero-order valence-electron chi connectivity index (χ0n) is 19.3. The van der Waals surface area contributed by atoms with Crippen LogP contribution in [0.2, 0.25) is 0 Å². The van der Waals surface area contributed by atoms with Crippen LogP contribution in [0.1, 0.15) is 43.7 Å². The van der Waals surface area contributed by atoms with E-state index in [0.717, 1.165) is 40.6 Å². The molecule has 0 bridgehead atoms. The van der Waals surface area contributed by atoms with E-state index >= 15 is 0 Å². The van der Waals surface area contributed by atoms with E-state index in [9.17, 15) is 12.8 Å². The highest BCUT2D eigenvalue weighted by Gasteiger charge is 2.39. The van der Waals surface area contributed by atoms with Gasteiger partial charge in [0.25, 0.3) is 0 Å². The van der Waals surface area contributed by atoms with Crippen LogP contribution in [-0.2, 0) is 10.0 Å². The van der Waals surface area contributed by atoms with Crippen LogP contribution in [-0.4, -0.2) is 30.0 Å². The Balaban J connectivity index is 1.52. The number of nitrogens with zero attached hydrogens (tertiary/aromatic N) is 2. The van der Waals surface area contributed by atoms with E-state index in [1.807, 2.05) is 30.5 Å². The van der Waals surface area contributed by atoms with E-state index in [1.165, 1.54) is 12.1 Å². The zero-order valence-corrected chi connectivity index (χ0v) is 20.1. The molecule has 1 atom stereocenters. The number of halogens is 1. The molecule has 0 aliphatic heterocycles. The van der Waals surface area contributed by atoms with Gasteiger partial charge in [-0.25, -0.2) is 22.2 Å². The Hall–Kier alpha value is -3.03. The van der Waals surface area contributed by atoms with Gasteiger partial charge < -0.3 is 0 Å². The maximum Gasteiger partial charge on any atom is 0.214 e. The van der Waals surface area contributed by atoms with E-state index in [2.05, 4.69) is 47.9 Å². The number of sulfonamides is 1. The first-order valence-corrected chi connectivity index (χ1v) is 13.1. The van der Waals surface area contributed by atoms with Gasteiger partial charge in [0.15, 0.2) is 0 Å². The second kappa shape index (κ2) is 8.64. The van der Waals surface area contributed by atoms with Crippen LogP contribution in [0.15, 0.2) is 79.0 Å². The lowest BCUT2D eigenvalue weighted by atomic mass is 9.71. The van der Waals surface area contributed by atoms with E-state index in [4.69, 9.17) is 0 Å². The molecule has 0 spiro atoms. The van der Waals surface area contributed by atoms with Gasteiger partial charge in [-0.2, -0.15) is 5.10 Å². The van der Waals surface area contributed by atoms with E-state index < -0.39 is 10.0 Å². The van der Waals surface area contributed by atoms with E-state index in [1.54, 1.807) is 16.8 Å². The molecule has 1 aliphatic rings. The molecule has 1 saturated carbocycles. The first kappa shape index (κ1) is 22.7. The average Bonchev–Trinajstić information content (AvgIpc) is 3.61. The fraction of sp³-hybridized carbons (Fsp3) is 0.296. The van der Waals surface area contributed by atoms with Crippen molar-refractivity contribution in [3.8, 4) is 5.69 Å². The normalized spacial score (nSPS) is 15.5. The third-order valence-corrected chi connectivity index (χ3v) is 8.50. The summed E-state index contributed by atoms with van der Waals surface area (Å²) in [6.45, 7) is 4.55. The van der Waals surface area contributed by atoms with Gasteiger partial charge in [0.2, 0.25) is 10.0 Å². The molecule has 1 aliphatic carbocycles. The monoisotopic (exact) mass is 477 g/mol. The molecular weight excluding hydrogens is 449 g/mol. The molecule has 176 valence electrons. The first-order chi connectivity index (χ1) is 16.2. The molecule has 0 unspecified atom stereocenters. The van der Waals surface area contributed by atoms with Crippen LogP contribution in [0.4, 0.5) is 4.39 Å². The van der Waals surface area contributed by atoms with Gasteiger partial charge in [-0.15, -0.1) is 0 Å². The zero-order chi connectivity index (χ0) is 23.9. The summed E-state index contributed by atoms with van der Waals surface area (Å²) >= 11 is 0. The van der Waals surface area contributed by atoms with Crippen molar-refractivity contribution in [2.75, 3.05) is 6.54 Å². The highest BCUT2D eigenvalue weighted by Crippen LogP contribution is 2.42. The Labute approximate surface area is 199 Å². The summed E-state index contributed by atoms with van der Waals surface area (Å²) in [5, 5.41) is 5.25. The van der Waals surface area contributed by atoms with Crippen LogP contribution >= 0.6 is 0 Å². The van der Waals surface area contributed by atoms with Gasteiger partial charge in [-0.3, -0.25) is 0 Å². The summed E-state index contributed by atoms with van der Waals surface area (Å²) < 4.78 is 43.1. The molecule has 0 radical (unpaired) electrons. The smallest absolute Gasteiger partial charge is 0.214 e. The number of benzene rings is 3. The van der Waals surface area contributed by atoms with E-state index in [0.29, 0.717) is 6.54 Å². The lowest BCUT2D eigenvalue weighted by molar-refractivity contribution is 0.317. The summed E-state index contributed by atoms with van der Waals surface area (Å²) in [7, 11) is -3.27. The minimum atomic E-state index is -3.27. The van der Waals surface area contributed by atoms with Crippen molar-refractivity contribution in [2.45, 2.75) is 37.9 Å². The van der Waals surface area contributed by atoms with Crippen molar-refractivity contribution in [1.29, 1.82) is 0 Å². The number of fused-ring (bicyclic) bond motifs is 1. The molecule has 5 nitrogen and oxygen atoms in total. The van der Waals surface area contributed by atoms with Crippen molar-refractivity contribution >= 4 is 20.9 Å². The van der Waals surface area contributed by atoms with Gasteiger partial charge in [-0.1, -0.05) is 50.2 Å². The molecule has 7 heteroatoms. The maximum atomic E-state index is 13.4. The summed E-state index contributed by atoms with van der Waals surface area (Å²) in [5.74, 6) is -0.318. The second-order valence-electron chi connectivity index (χ2n) is 9.75. The van der Waals surface area contributed by atoms with Gasteiger partial charge in [0, 0.05) is 17.8 Å². The molecule has 5 rings (SSSR count). The Morgan fingerprint density at radius 1 is 1.03 bits per heavy atom. The lowest BCUT2D eigenvalue weighted by Gasteiger charge is -2.35. The summed E-state index contributed by atoms with van der Waals surface area (Å²) in [6.07, 6.45) is 3.30. The van der Waals surface area contributed by atoms with Crippen LogP contribution in [0, 0.1) is 11.2 Å². The highest BCUT2D eigenvalue weighted by atomic mass is 32.2. The van der Waals surface area contributed by atoms with Crippen LogP contribution in [0.5, 0.6) is 0 Å². The molecule has 1 fully saturated rings. The molecule has 1 heterocycles. The quantitative estimate of drug-likeness (QED) is 0.369. The standard InChI is InChI=1S/C27H28FN3O2S/c1-27(2,18-30-34(32,33)24-13-14-24)26(19-6-4-3-5-7-19)20-8-15-25-21(16-20)17-29-31(25)23-11-9-22(28)10-12-23/h3-12,15-17,24,26,30H,13-14,18H2,1-2H3/t26-/m0/s1. The van der Waals surface area contributed by atoms with Crippen molar-refractivity contribution in [1.82, 2.24) is 14.5 Å². The van der Waals surface area contributed by atoms with Crippen molar-refractivity contribution < 1.29 is 12.8 Å². The minimum absolute atomic E-state index is 0.0332. The molecule has 0 amide bonds. The molecule has 3 aromatic carbocycles. The highest BCUT2D eigenvalue weighted by molar-refractivity contribution is 7.90. The number of aromatic nitrogens is 2. The van der Waals surface area contributed by atoms with Crippen molar-refractivity contribution in [3.05, 3.63) is 95.9 Å². The SMILES string of the molecule is CC(C)(CNS(=O)(=O)C1CC1)[C@@H](c1ccccc1)c1ccc2c(cnn2-c2ccc(F)cc2)c1. The third-order valence-electron chi connectivity index (χ3n) is 6.60. The predicted octanol–water partition coefficient (Wildman–Crippen LogP) is 5.40. The number of rotatable bonds is 8. The fourth-order valence-corrected chi connectivity index (χ4v) is 6.21. The lowest BCUT2D eigenvalue weighted by Crippen LogP contribution is -2.39. The second-order valence-corrected chi connectivity index (χ2v) is 11.8. The Bertz CT molecular complexity index is 1410. The summed E-state index contributed by atoms with van der Waals surface area (Å²) in [4.78, 5) is 0. The summed E-state index contributed by atoms with van der Waals surface area (Å²) in [6, 6.07) is 22.7. The van der Waals surface area contributed by atoms with Crippen molar-refractivity contribution in [2.24, 2.45) is 5.41 Å². The van der Waals surface area contributed by atoms with Gasteiger partial charge in [0.1, 0.15) is 5.82 Å². The molecule has 0 saturated heterocycles. The molecule has 4 aromatic rings. The minimum Gasteiger partial charge on any atom is -0.233 e. The number of hydrogen-bond acceptors (Lipinski definition) is 3. The Morgan fingerprint density at radius 2 is 1.74 bits per heavy atom. The predicted molar refractivity (Wildman–Crippen MR) is 133 cm³/mol. The van der Waals surface area contributed by atoms with Gasteiger partial charge >= 0.3 is 0 Å². The van der Waals surface area contributed by atoms with Crippen molar-refractivity contribution in [3.63, 3.8) is 0 Å². The van der Waals surface area contributed by atoms with Crippen LogP contribution < -0.4 is 4.72 Å². The topological polar surface area (TPSA) is 64.0 Å². The number of hydrogen-bond donors (Lipinski definition) is 1. The maximum absolute atomic E-state index is 13.4. The average molecular weight is 478 g/mol. The Morgan fingerprint density at radius 3 is 2.41 bits per heavy atom. The fourth-order valence-electron chi connectivity index (χ4n) is 4.64. The Kier molecular flexibility index (Phi) is 5.78. The third kappa shape index (κ3) is 4.50. The molecule has 1 N–H and O–H groups in total. The molecule has 1 aromatic heterocycles. The van der Waals surface area contributed by atoms with E-state index in [-0.39, 0.29) is 22.4 Å². The first-order valence-electron chi connectivity index (χ1n) is 11.5.